The van der Waals surface area contributed by atoms with Crippen molar-refractivity contribution in [2.24, 2.45) is 0 Å². The first-order valence-corrected chi connectivity index (χ1v) is 6.10. The van der Waals surface area contributed by atoms with Crippen LogP contribution < -0.4 is 6.15 Å². The molecule has 0 aromatic heterocycles. The van der Waals surface area contributed by atoms with Crippen molar-refractivity contribution in [3.63, 3.8) is 0 Å². The molecule has 0 amide bonds. The fraction of sp³-hybridized carbons (Fsp3) is 0.0909. The number of allylic oxidation sites excluding steroid dienone is 2. The average molecular weight is 269 g/mol. The van der Waals surface area contributed by atoms with Gasteiger partial charge in [0, 0.05) is 16.7 Å². The van der Waals surface area contributed by atoms with Crippen molar-refractivity contribution in [1.82, 2.24) is 6.15 Å². The number of hydrogen-bond acceptors (Lipinski definition) is 5. The largest absolute Gasteiger partial charge is 0.744 e. The molecule has 7 heteroatoms. The third-order valence-electron chi connectivity index (χ3n) is 2.55. The Hall–Kier alpha value is -1.83. The molecule has 0 fully saturated rings. The van der Waals surface area contributed by atoms with Crippen LogP contribution in [0.25, 0.3) is 0 Å². The molecule has 0 aliphatic heterocycles. The normalized spacial score (nSPS) is 15.2. The Morgan fingerprint density at radius 2 is 1.44 bits per heavy atom. The Morgan fingerprint density at radius 3 is 1.89 bits per heavy atom. The Kier molecular flexibility index (Phi) is 3.52. The second kappa shape index (κ2) is 4.45. The van der Waals surface area contributed by atoms with Gasteiger partial charge in [-0.15, -0.1) is 0 Å². The van der Waals surface area contributed by atoms with Gasteiger partial charge < -0.3 is 10.7 Å². The minimum Gasteiger partial charge on any atom is -0.744 e. The Balaban J connectivity index is 0.00000162. The zero-order valence-corrected chi connectivity index (χ0v) is 10.6. The van der Waals surface area contributed by atoms with Gasteiger partial charge in [0.1, 0.15) is 15.0 Å². The lowest BCUT2D eigenvalue weighted by Gasteiger charge is -2.20. The summed E-state index contributed by atoms with van der Waals surface area (Å²) in [5.74, 6) is -1.51. The van der Waals surface area contributed by atoms with Gasteiger partial charge in [-0.05, 0) is 6.92 Å². The number of hydrogen-bond donors (Lipinski definition) is 1. The molecule has 4 N–H and O–H groups in total. The number of carbonyl (C=O) groups excluding carboxylic acids is 2. The van der Waals surface area contributed by atoms with Gasteiger partial charge in [-0.2, -0.15) is 0 Å². The van der Waals surface area contributed by atoms with E-state index in [1.165, 1.54) is 25.1 Å². The predicted molar refractivity (Wildman–Crippen MR) is 63.5 cm³/mol. The van der Waals surface area contributed by atoms with Crippen molar-refractivity contribution in [2.45, 2.75) is 6.92 Å². The molecule has 1 aliphatic carbocycles. The lowest BCUT2D eigenvalue weighted by molar-refractivity contribution is 0.0979. The monoisotopic (exact) mass is 269 g/mol. The van der Waals surface area contributed by atoms with Crippen LogP contribution in [-0.2, 0) is 10.1 Å². The van der Waals surface area contributed by atoms with Gasteiger partial charge in [-0.3, -0.25) is 9.59 Å². The van der Waals surface area contributed by atoms with Gasteiger partial charge in [0.2, 0.25) is 5.78 Å². The highest BCUT2D eigenvalue weighted by molar-refractivity contribution is 7.90. The standard InChI is InChI=1S/C11H8O5S.H3N/c1-6-9(12)7-4-2-3-5-8(7)10(13)11(6)17(14,15)16;/h2-5H,1H3,(H,14,15,16);1H3. The summed E-state index contributed by atoms with van der Waals surface area (Å²) >= 11 is 0. The molecule has 0 saturated heterocycles. The Labute approximate surface area is 104 Å². The molecule has 0 atom stereocenters. The van der Waals surface area contributed by atoms with Gasteiger partial charge in [-0.25, -0.2) is 8.42 Å². The van der Waals surface area contributed by atoms with Crippen molar-refractivity contribution in [3.8, 4) is 0 Å². The van der Waals surface area contributed by atoms with E-state index >= 15 is 0 Å². The van der Waals surface area contributed by atoms with Crippen LogP contribution in [0.15, 0.2) is 34.7 Å². The predicted octanol–water partition coefficient (Wildman–Crippen LogP) is 1.26. The van der Waals surface area contributed by atoms with E-state index in [2.05, 4.69) is 0 Å². The molecule has 18 heavy (non-hydrogen) atoms. The lowest BCUT2D eigenvalue weighted by Crippen LogP contribution is -2.25. The molecule has 96 valence electrons. The van der Waals surface area contributed by atoms with Crippen molar-refractivity contribution < 1.29 is 22.6 Å². The highest BCUT2D eigenvalue weighted by atomic mass is 32.2. The second-order valence-corrected chi connectivity index (χ2v) is 4.93. The van der Waals surface area contributed by atoms with Crippen LogP contribution in [0.5, 0.6) is 0 Å². The van der Waals surface area contributed by atoms with Crippen molar-refractivity contribution in [3.05, 3.63) is 45.9 Å². The Bertz CT molecular complexity index is 672. The molecular weight excluding hydrogens is 258 g/mol. The van der Waals surface area contributed by atoms with Crippen molar-refractivity contribution >= 4 is 21.7 Å². The molecule has 0 heterocycles. The third-order valence-corrected chi connectivity index (χ3v) is 3.55. The molecule has 6 nitrogen and oxygen atoms in total. The summed E-state index contributed by atoms with van der Waals surface area (Å²) in [7, 11) is -4.94. The van der Waals surface area contributed by atoms with Gasteiger partial charge in [-0.1, -0.05) is 24.3 Å². The minimum atomic E-state index is -4.94. The first-order valence-electron chi connectivity index (χ1n) is 4.69. The van der Waals surface area contributed by atoms with Gasteiger partial charge in [0.25, 0.3) is 0 Å². The number of quaternary nitrogens is 1. The molecule has 0 saturated carbocycles. The number of ketones is 2. The van der Waals surface area contributed by atoms with E-state index in [-0.39, 0.29) is 22.9 Å². The first-order chi connectivity index (χ1) is 7.84. The summed E-state index contributed by atoms with van der Waals surface area (Å²) in [5, 5.41) is 0. The summed E-state index contributed by atoms with van der Waals surface area (Å²) in [6, 6.07) is 5.81. The third kappa shape index (κ3) is 1.99. The SMILES string of the molecule is CC1=C(S(=O)(=O)[O-])C(=O)c2ccccc2C1=O.[NH4+]. The molecule has 2 rings (SSSR count). The number of carbonyl (C=O) groups is 2. The molecule has 1 aromatic carbocycles. The van der Waals surface area contributed by atoms with Crippen LogP contribution in [-0.4, -0.2) is 24.5 Å². The van der Waals surface area contributed by atoms with Crippen LogP contribution in [0, 0.1) is 0 Å². The van der Waals surface area contributed by atoms with E-state index in [1.54, 1.807) is 6.07 Å². The van der Waals surface area contributed by atoms with E-state index in [9.17, 15) is 22.6 Å². The highest BCUT2D eigenvalue weighted by Gasteiger charge is 2.32. The van der Waals surface area contributed by atoms with E-state index in [4.69, 9.17) is 0 Å². The average Bonchev–Trinajstić information content (AvgIpc) is 2.24. The maximum atomic E-state index is 11.8. The smallest absolute Gasteiger partial charge is 0.204 e. The number of Topliss-reactive ketones (excluding diaryl/α,β-unsaturated/α-hetero) is 2. The van der Waals surface area contributed by atoms with Crippen LogP contribution in [0.2, 0.25) is 0 Å². The quantitative estimate of drug-likeness (QED) is 0.767. The number of benzene rings is 1. The van der Waals surface area contributed by atoms with Crippen LogP contribution in [0.3, 0.4) is 0 Å². The van der Waals surface area contributed by atoms with E-state index in [0.717, 1.165) is 0 Å². The fourth-order valence-corrected chi connectivity index (χ4v) is 2.58. The van der Waals surface area contributed by atoms with Crippen LogP contribution in [0.1, 0.15) is 27.6 Å². The molecular formula is C11H11NO5S. The Morgan fingerprint density at radius 1 is 1.00 bits per heavy atom. The summed E-state index contributed by atoms with van der Waals surface area (Å²) in [6.45, 7) is 1.17. The fourth-order valence-electron chi connectivity index (χ4n) is 1.78. The van der Waals surface area contributed by atoms with Crippen molar-refractivity contribution in [1.29, 1.82) is 0 Å². The topological polar surface area (TPSA) is 128 Å². The summed E-state index contributed by atoms with van der Waals surface area (Å²) in [4.78, 5) is 22.7. The number of rotatable bonds is 1. The molecule has 1 aromatic rings. The van der Waals surface area contributed by atoms with Crippen LogP contribution >= 0.6 is 0 Å². The molecule has 0 spiro atoms. The molecule has 0 bridgehead atoms. The summed E-state index contributed by atoms with van der Waals surface area (Å²) in [5.41, 5.74) is -0.233. The summed E-state index contributed by atoms with van der Waals surface area (Å²) in [6.07, 6.45) is 0. The maximum absolute atomic E-state index is 11.8. The zero-order chi connectivity index (χ0) is 12.8. The molecule has 1 aliphatic rings. The second-order valence-electron chi connectivity index (χ2n) is 3.61. The van der Waals surface area contributed by atoms with E-state index in [1.807, 2.05) is 0 Å². The molecule has 0 unspecified atom stereocenters. The van der Waals surface area contributed by atoms with Gasteiger partial charge in [0.05, 0.1) is 0 Å². The van der Waals surface area contributed by atoms with Crippen molar-refractivity contribution in [2.75, 3.05) is 0 Å². The lowest BCUT2D eigenvalue weighted by atomic mass is 9.90. The first kappa shape index (κ1) is 14.2. The van der Waals surface area contributed by atoms with Gasteiger partial charge >= 0.3 is 0 Å². The zero-order valence-electron chi connectivity index (χ0n) is 9.76. The number of fused-ring (bicyclic) bond motifs is 1. The minimum absolute atomic E-state index is 0. The summed E-state index contributed by atoms with van der Waals surface area (Å²) < 4.78 is 32.9. The van der Waals surface area contributed by atoms with Crippen LogP contribution in [0.4, 0.5) is 0 Å². The highest BCUT2D eigenvalue weighted by Crippen LogP contribution is 2.28. The molecule has 0 radical (unpaired) electrons. The van der Waals surface area contributed by atoms with Gasteiger partial charge in [0.15, 0.2) is 5.78 Å². The van der Waals surface area contributed by atoms with E-state index in [0.29, 0.717) is 0 Å². The van der Waals surface area contributed by atoms with E-state index < -0.39 is 26.6 Å². The maximum Gasteiger partial charge on any atom is 0.204 e.